The summed E-state index contributed by atoms with van der Waals surface area (Å²) in [7, 11) is 0. The third-order valence-corrected chi connectivity index (χ3v) is 4.93. The summed E-state index contributed by atoms with van der Waals surface area (Å²) in [4.78, 5) is 27.4. The van der Waals surface area contributed by atoms with E-state index in [2.05, 4.69) is 36.6 Å². The average Bonchev–Trinajstić information content (AvgIpc) is 2.94. The molecule has 2 amide bonds. The summed E-state index contributed by atoms with van der Waals surface area (Å²) in [5.41, 5.74) is 4.41. The molecule has 3 rings (SSSR count). The van der Waals surface area contributed by atoms with Gasteiger partial charge in [0.2, 0.25) is 11.8 Å². The molecule has 0 N–H and O–H groups in total. The first-order valence-corrected chi connectivity index (χ1v) is 8.94. The number of rotatable bonds is 3. The Morgan fingerprint density at radius 3 is 2.19 bits per heavy atom. The lowest BCUT2D eigenvalue weighted by Crippen LogP contribution is -2.49. The van der Waals surface area contributed by atoms with E-state index >= 15 is 0 Å². The number of amides is 2. The Bertz CT molecular complexity index is 828. The molecule has 26 heavy (non-hydrogen) atoms. The first-order chi connectivity index (χ1) is 12.5. The molecule has 1 aromatic heterocycles. The number of hydrogen-bond acceptors (Lipinski definition) is 2. The highest BCUT2D eigenvalue weighted by atomic mass is 16.2. The third kappa shape index (κ3) is 3.72. The van der Waals surface area contributed by atoms with Gasteiger partial charge in [0, 0.05) is 56.3 Å². The maximum absolute atomic E-state index is 12.4. The topological polar surface area (TPSA) is 45.6 Å². The van der Waals surface area contributed by atoms with E-state index in [1.54, 1.807) is 22.8 Å². The quantitative estimate of drug-likeness (QED) is 0.798. The largest absolute Gasteiger partial charge is 0.339 e. The number of aryl methyl sites for hydroxylation is 1. The molecule has 1 aliphatic heterocycles. The molecule has 1 aromatic carbocycles. The first-order valence-electron chi connectivity index (χ1n) is 8.94. The zero-order chi connectivity index (χ0) is 18.7. The van der Waals surface area contributed by atoms with Crippen LogP contribution in [0, 0.1) is 13.8 Å². The van der Waals surface area contributed by atoms with Crippen molar-refractivity contribution in [2.24, 2.45) is 0 Å². The Hall–Kier alpha value is -2.82. The lowest BCUT2D eigenvalue weighted by molar-refractivity contribution is -0.135. The van der Waals surface area contributed by atoms with E-state index < -0.39 is 0 Å². The van der Waals surface area contributed by atoms with Gasteiger partial charge in [0.25, 0.3) is 0 Å². The van der Waals surface area contributed by atoms with Gasteiger partial charge in [0.05, 0.1) is 0 Å². The van der Waals surface area contributed by atoms with Crippen LogP contribution in [0.2, 0.25) is 0 Å². The Morgan fingerprint density at radius 2 is 1.58 bits per heavy atom. The van der Waals surface area contributed by atoms with Crippen LogP contribution in [0.3, 0.4) is 0 Å². The van der Waals surface area contributed by atoms with Gasteiger partial charge in [-0.2, -0.15) is 0 Å². The van der Waals surface area contributed by atoms with Crippen LogP contribution in [0.25, 0.3) is 11.8 Å². The van der Waals surface area contributed by atoms with Gasteiger partial charge in [-0.15, -0.1) is 0 Å². The van der Waals surface area contributed by atoms with Crippen molar-refractivity contribution in [1.29, 1.82) is 0 Å². The van der Waals surface area contributed by atoms with Crippen molar-refractivity contribution in [2.45, 2.75) is 20.8 Å². The van der Waals surface area contributed by atoms with Crippen molar-refractivity contribution in [3.8, 4) is 5.69 Å². The van der Waals surface area contributed by atoms with Gasteiger partial charge in [-0.3, -0.25) is 9.59 Å². The predicted octanol–water partition coefficient (Wildman–Crippen LogP) is 2.80. The van der Waals surface area contributed by atoms with E-state index in [1.807, 2.05) is 24.3 Å². The van der Waals surface area contributed by atoms with Crippen molar-refractivity contribution < 1.29 is 9.59 Å². The summed E-state index contributed by atoms with van der Waals surface area (Å²) < 4.78 is 2.19. The van der Waals surface area contributed by atoms with Crippen LogP contribution in [-0.4, -0.2) is 52.4 Å². The van der Waals surface area contributed by atoms with E-state index in [0.29, 0.717) is 26.2 Å². The highest BCUT2D eigenvalue weighted by Crippen LogP contribution is 2.21. The fourth-order valence-corrected chi connectivity index (χ4v) is 3.44. The van der Waals surface area contributed by atoms with E-state index in [-0.39, 0.29) is 11.8 Å². The monoisotopic (exact) mass is 351 g/mol. The SMILES string of the molecule is CC(=O)N1CCN(C(=O)/C=C/c2cc(C)n(-c3ccccc3)c2C)CC1. The molecule has 0 spiro atoms. The number of para-hydroxylation sites is 1. The van der Waals surface area contributed by atoms with Gasteiger partial charge in [-0.25, -0.2) is 0 Å². The van der Waals surface area contributed by atoms with Crippen LogP contribution < -0.4 is 0 Å². The fourth-order valence-electron chi connectivity index (χ4n) is 3.44. The van der Waals surface area contributed by atoms with Gasteiger partial charge in [0.15, 0.2) is 0 Å². The van der Waals surface area contributed by atoms with E-state index in [1.165, 1.54) is 0 Å². The zero-order valence-corrected chi connectivity index (χ0v) is 15.6. The van der Waals surface area contributed by atoms with E-state index in [4.69, 9.17) is 0 Å². The summed E-state index contributed by atoms with van der Waals surface area (Å²) >= 11 is 0. The number of piperazine rings is 1. The summed E-state index contributed by atoms with van der Waals surface area (Å²) in [6.07, 6.45) is 3.53. The highest BCUT2D eigenvalue weighted by Gasteiger charge is 2.21. The molecule has 0 bridgehead atoms. The molecule has 2 heterocycles. The summed E-state index contributed by atoms with van der Waals surface area (Å²) in [5.74, 6) is 0.0682. The van der Waals surface area contributed by atoms with Crippen molar-refractivity contribution in [3.63, 3.8) is 0 Å². The van der Waals surface area contributed by atoms with Crippen molar-refractivity contribution in [3.05, 3.63) is 59.4 Å². The van der Waals surface area contributed by atoms with Crippen LogP contribution in [0.15, 0.2) is 42.5 Å². The van der Waals surface area contributed by atoms with Crippen molar-refractivity contribution >= 4 is 17.9 Å². The molecule has 0 atom stereocenters. The van der Waals surface area contributed by atoms with Crippen molar-refractivity contribution in [2.75, 3.05) is 26.2 Å². The van der Waals surface area contributed by atoms with Crippen LogP contribution in [0.4, 0.5) is 0 Å². The number of benzene rings is 1. The number of nitrogens with zero attached hydrogens (tertiary/aromatic N) is 3. The normalized spacial score (nSPS) is 14.9. The predicted molar refractivity (Wildman–Crippen MR) is 103 cm³/mol. The number of carbonyl (C=O) groups excluding carboxylic acids is 2. The minimum atomic E-state index is -0.00211. The molecule has 0 radical (unpaired) electrons. The standard InChI is InChI=1S/C21H25N3O2/c1-16-15-19(17(2)24(16)20-7-5-4-6-8-20)9-10-21(26)23-13-11-22(12-14-23)18(3)25/h4-10,15H,11-14H2,1-3H3/b10-9+. The fraction of sp³-hybridized carbons (Fsp3) is 0.333. The second kappa shape index (κ2) is 7.60. The molecule has 2 aromatic rings. The number of carbonyl (C=O) groups is 2. The molecule has 136 valence electrons. The summed E-state index contributed by atoms with van der Waals surface area (Å²) in [6.45, 7) is 8.10. The van der Waals surface area contributed by atoms with Crippen LogP contribution in [-0.2, 0) is 9.59 Å². The smallest absolute Gasteiger partial charge is 0.246 e. The van der Waals surface area contributed by atoms with E-state index in [0.717, 1.165) is 22.6 Å². The lowest BCUT2D eigenvalue weighted by Gasteiger charge is -2.33. The minimum Gasteiger partial charge on any atom is -0.339 e. The average molecular weight is 351 g/mol. The van der Waals surface area contributed by atoms with Gasteiger partial charge < -0.3 is 14.4 Å². The Balaban J connectivity index is 1.71. The van der Waals surface area contributed by atoms with Gasteiger partial charge in [-0.05, 0) is 43.7 Å². The lowest BCUT2D eigenvalue weighted by atomic mass is 10.2. The second-order valence-corrected chi connectivity index (χ2v) is 6.66. The molecule has 1 saturated heterocycles. The molecule has 5 heteroatoms. The maximum atomic E-state index is 12.4. The van der Waals surface area contributed by atoms with Gasteiger partial charge >= 0.3 is 0 Å². The summed E-state index contributed by atoms with van der Waals surface area (Å²) in [6, 6.07) is 12.3. The molecule has 5 nitrogen and oxygen atoms in total. The third-order valence-electron chi connectivity index (χ3n) is 4.93. The van der Waals surface area contributed by atoms with Gasteiger partial charge in [0.1, 0.15) is 0 Å². The first kappa shape index (κ1) is 18.0. The highest BCUT2D eigenvalue weighted by molar-refractivity contribution is 5.92. The van der Waals surface area contributed by atoms with Gasteiger partial charge in [-0.1, -0.05) is 18.2 Å². The number of aromatic nitrogens is 1. The Kier molecular flexibility index (Phi) is 5.26. The minimum absolute atomic E-state index is 0.00211. The molecular weight excluding hydrogens is 326 g/mol. The molecular formula is C21H25N3O2. The van der Waals surface area contributed by atoms with Crippen LogP contribution >= 0.6 is 0 Å². The second-order valence-electron chi connectivity index (χ2n) is 6.66. The molecule has 1 aliphatic rings. The van der Waals surface area contributed by atoms with Crippen LogP contribution in [0.1, 0.15) is 23.9 Å². The number of hydrogen-bond donors (Lipinski definition) is 0. The Labute approximate surface area is 154 Å². The zero-order valence-electron chi connectivity index (χ0n) is 15.6. The molecule has 0 unspecified atom stereocenters. The molecule has 0 saturated carbocycles. The molecule has 1 fully saturated rings. The Morgan fingerprint density at radius 1 is 0.962 bits per heavy atom. The summed E-state index contributed by atoms with van der Waals surface area (Å²) in [5, 5.41) is 0. The van der Waals surface area contributed by atoms with Crippen molar-refractivity contribution in [1.82, 2.24) is 14.4 Å². The van der Waals surface area contributed by atoms with Crippen LogP contribution in [0.5, 0.6) is 0 Å². The molecule has 0 aliphatic carbocycles. The maximum Gasteiger partial charge on any atom is 0.246 e. The van der Waals surface area contributed by atoms with E-state index in [9.17, 15) is 9.59 Å².